The molecule has 1 amide bonds. The summed E-state index contributed by atoms with van der Waals surface area (Å²) in [6, 6.07) is 2.51. The number of aryl methyl sites for hydroxylation is 1. The monoisotopic (exact) mass is 472 g/mol. The molecular formula is C20H26ClFN4O4S. The summed E-state index contributed by atoms with van der Waals surface area (Å²) in [4.78, 5) is 12.2. The lowest BCUT2D eigenvalue weighted by molar-refractivity contribution is 0.0504. The van der Waals surface area contributed by atoms with E-state index in [2.05, 4.69) is 20.2 Å². The maximum atomic E-state index is 13.9. The number of hydrogen-bond acceptors (Lipinski definition) is 6. The molecule has 1 aliphatic carbocycles. The Balaban J connectivity index is 2.06. The highest BCUT2D eigenvalue weighted by molar-refractivity contribution is 7.89. The van der Waals surface area contributed by atoms with E-state index >= 15 is 0 Å². The molecule has 1 aromatic heterocycles. The lowest BCUT2D eigenvalue weighted by Gasteiger charge is -2.22. The van der Waals surface area contributed by atoms with Crippen molar-refractivity contribution in [3.63, 3.8) is 0 Å². The third kappa shape index (κ3) is 5.61. The SMILES string of the molecule is CC(C)(F)CNS(=O)(=O)c1cc2c(c3nnc(Cl)cc13)C(NC(=O)OC(C)(C)C)CC2. The summed E-state index contributed by atoms with van der Waals surface area (Å²) in [5, 5.41) is 11.1. The second-order valence-corrected chi connectivity index (χ2v) is 11.3. The Morgan fingerprint density at radius 3 is 2.55 bits per heavy atom. The Morgan fingerprint density at radius 1 is 1.26 bits per heavy atom. The number of halogens is 2. The van der Waals surface area contributed by atoms with Crippen LogP contribution in [0.2, 0.25) is 5.15 Å². The number of sulfonamides is 1. The number of rotatable bonds is 5. The zero-order valence-electron chi connectivity index (χ0n) is 18.0. The van der Waals surface area contributed by atoms with E-state index in [4.69, 9.17) is 16.3 Å². The van der Waals surface area contributed by atoms with Gasteiger partial charge in [-0.2, -0.15) is 0 Å². The van der Waals surface area contributed by atoms with Crippen LogP contribution in [0.4, 0.5) is 9.18 Å². The van der Waals surface area contributed by atoms with Crippen molar-refractivity contribution in [2.24, 2.45) is 0 Å². The fourth-order valence-corrected chi connectivity index (χ4v) is 5.00. The number of aromatic nitrogens is 2. The van der Waals surface area contributed by atoms with E-state index < -0.39 is 33.4 Å². The van der Waals surface area contributed by atoms with Gasteiger partial charge in [0.2, 0.25) is 10.0 Å². The summed E-state index contributed by atoms with van der Waals surface area (Å²) < 4.78 is 47.5. The number of nitrogens with one attached hydrogen (secondary N) is 2. The van der Waals surface area contributed by atoms with Crippen molar-refractivity contribution >= 4 is 38.6 Å². The van der Waals surface area contributed by atoms with E-state index in [0.29, 0.717) is 29.5 Å². The fourth-order valence-electron chi connectivity index (χ4n) is 3.42. The molecule has 0 radical (unpaired) electrons. The van der Waals surface area contributed by atoms with Gasteiger partial charge in [0.15, 0.2) is 5.15 Å². The van der Waals surface area contributed by atoms with Crippen LogP contribution in [-0.2, 0) is 21.2 Å². The van der Waals surface area contributed by atoms with E-state index in [0.717, 1.165) is 0 Å². The van der Waals surface area contributed by atoms with Gasteiger partial charge in [-0.1, -0.05) is 11.6 Å². The van der Waals surface area contributed by atoms with Gasteiger partial charge in [0.05, 0.1) is 16.5 Å². The number of fused-ring (bicyclic) bond motifs is 3. The summed E-state index contributed by atoms with van der Waals surface area (Å²) in [7, 11) is -4.05. The van der Waals surface area contributed by atoms with Crippen molar-refractivity contribution in [1.82, 2.24) is 20.2 Å². The highest BCUT2D eigenvalue weighted by Crippen LogP contribution is 2.39. The maximum absolute atomic E-state index is 13.9. The average Bonchev–Trinajstić information content (AvgIpc) is 2.99. The minimum Gasteiger partial charge on any atom is -0.444 e. The highest BCUT2D eigenvalue weighted by Gasteiger charge is 2.33. The van der Waals surface area contributed by atoms with Gasteiger partial charge in [-0.05, 0) is 65.2 Å². The van der Waals surface area contributed by atoms with Crippen LogP contribution < -0.4 is 10.0 Å². The van der Waals surface area contributed by atoms with Gasteiger partial charge in [0, 0.05) is 17.5 Å². The molecule has 1 atom stereocenters. The standard InChI is InChI=1S/C20H26ClFN4O4S/c1-19(2,3)30-18(27)24-13-7-6-11-8-14(31(28,29)23-10-20(4,5)22)12-9-15(21)25-26-17(12)16(11)13/h8-9,13,23H,6-7,10H2,1-5H3,(H,24,27). The van der Waals surface area contributed by atoms with E-state index in [1.54, 1.807) is 20.8 Å². The minimum absolute atomic E-state index is 0.0179. The third-order valence-electron chi connectivity index (χ3n) is 4.65. The molecule has 0 fully saturated rings. The Labute approximate surface area is 185 Å². The quantitative estimate of drug-likeness (QED) is 0.684. The van der Waals surface area contributed by atoms with E-state index in [-0.39, 0.29) is 22.0 Å². The molecule has 1 aliphatic rings. The molecule has 1 aromatic carbocycles. The zero-order valence-corrected chi connectivity index (χ0v) is 19.6. The van der Waals surface area contributed by atoms with E-state index in [1.165, 1.54) is 26.0 Å². The van der Waals surface area contributed by atoms with Gasteiger partial charge in [-0.15, -0.1) is 10.2 Å². The van der Waals surface area contributed by atoms with Crippen LogP contribution in [0.5, 0.6) is 0 Å². The first-order valence-electron chi connectivity index (χ1n) is 9.83. The highest BCUT2D eigenvalue weighted by atomic mass is 35.5. The van der Waals surface area contributed by atoms with Gasteiger partial charge < -0.3 is 10.1 Å². The minimum atomic E-state index is -4.05. The Morgan fingerprint density at radius 2 is 1.94 bits per heavy atom. The Bertz CT molecular complexity index is 1130. The van der Waals surface area contributed by atoms with Crippen LogP contribution in [0.3, 0.4) is 0 Å². The molecule has 3 rings (SSSR count). The summed E-state index contributed by atoms with van der Waals surface area (Å²) in [6.07, 6.45) is 0.485. The van der Waals surface area contributed by atoms with Gasteiger partial charge in [0.1, 0.15) is 11.3 Å². The first kappa shape index (κ1) is 23.6. The number of alkyl halides is 1. The van der Waals surface area contributed by atoms with Crippen LogP contribution in [0.25, 0.3) is 10.9 Å². The number of benzene rings is 1. The van der Waals surface area contributed by atoms with Crippen LogP contribution in [0, 0.1) is 0 Å². The number of hydrogen-bond donors (Lipinski definition) is 2. The van der Waals surface area contributed by atoms with Crippen molar-refractivity contribution in [2.45, 2.75) is 69.7 Å². The molecular weight excluding hydrogens is 447 g/mol. The topological polar surface area (TPSA) is 110 Å². The van der Waals surface area contributed by atoms with Crippen LogP contribution in [0.1, 0.15) is 58.2 Å². The summed E-state index contributed by atoms with van der Waals surface area (Å²) >= 11 is 6.00. The third-order valence-corrected chi connectivity index (χ3v) is 6.28. The van der Waals surface area contributed by atoms with Gasteiger partial charge >= 0.3 is 6.09 Å². The fraction of sp³-hybridized carbons (Fsp3) is 0.550. The molecule has 0 saturated carbocycles. The normalized spacial score (nSPS) is 16.9. The first-order chi connectivity index (χ1) is 14.2. The predicted molar refractivity (Wildman–Crippen MR) is 115 cm³/mol. The van der Waals surface area contributed by atoms with Gasteiger partial charge in [0.25, 0.3) is 0 Å². The Hall–Kier alpha value is -2.04. The molecule has 8 nitrogen and oxygen atoms in total. The molecule has 0 bridgehead atoms. The summed E-state index contributed by atoms with van der Waals surface area (Å²) in [5.41, 5.74) is -0.672. The molecule has 0 spiro atoms. The Kier molecular flexibility index (Phi) is 6.20. The number of ether oxygens (including phenoxy) is 1. The van der Waals surface area contributed by atoms with Crippen molar-refractivity contribution in [2.75, 3.05) is 6.54 Å². The van der Waals surface area contributed by atoms with Gasteiger partial charge in [-0.3, -0.25) is 0 Å². The molecule has 170 valence electrons. The first-order valence-corrected chi connectivity index (χ1v) is 11.7. The van der Waals surface area contributed by atoms with E-state index in [1.807, 2.05) is 0 Å². The predicted octanol–water partition coefficient (Wildman–Crippen LogP) is 3.82. The number of alkyl carbamates (subject to hydrolysis) is 1. The van der Waals surface area contributed by atoms with Crippen LogP contribution in [0.15, 0.2) is 17.0 Å². The molecule has 11 heteroatoms. The summed E-state index contributed by atoms with van der Waals surface area (Å²) in [6.45, 7) is 7.48. The summed E-state index contributed by atoms with van der Waals surface area (Å²) in [5.74, 6) is 0. The molecule has 31 heavy (non-hydrogen) atoms. The molecule has 2 aromatic rings. The van der Waals surface area contributed by atoms with Gasteiger partial charge in [-0.25, -0.2) is 22.3 Å². The second-order valence-electron chi connectivity index (χ2n) is 9.16. The number of carbonyl (C=O) groups excluding carboxylic acids is 1. The van der Waals surface area contributed by atoms with Crippen LogP contribution in [-0.4, -0.2) is 42.5 Å². The van der Waals surface area contributed by atoms with Crippen LogP contribution >= 0.6 is 11.6 Å². The number of amides is 1. The smallest absolute Gasteiger partial charge is 0.408 e. The van der Waals surface area contributed by atoms with Crippen molar-refractivity contribution in [3.05, 3.63) is 28.4 Å². The van der Waals surface area contributed by atoms with Crippen molar-refractivity contribution in [3.8, 4) is 0 Å². The van der Waals surface area contributed by atoms with E-state index in [9.17, 15) is 17.6 Å². The molecule has 0 saturated heterocycles. The second kappa shape index (κ2) is 8.14. The molecule has 2 N–H and O–H groups in total. The van der Waals surface area contributed by atoms with Crippen molar-refractivity contribution < 1.29 is 22.3 Å². The molecule has 0 aliphatic heterocycles. The lowest BCUT2D eigenvalue weighted by Crippen LogP contribution is -2.35. The lowest BCUT2D eigenvalue weighted by atomic mass is 10.0. The zero-order chi connectivity index (χ0) is 23.2. The molecule has 1 unspecified atom stereocenters. The maximum Gasteiger partial charge on any atom is 0.408 e. The largest absolute Gasteiger partial charge is 0.444 e. The number of carbonyl (C=O) groups is 1. The average molecular weight is 473 g/mol. The number of nitrogens with zero attached hydrogens (tertiary/aromatic N) is 2. The molecule has 1 heterocycles. The van der Waals surface area contributed by atoms with Crippen molar-refractivity contribution in [1.29, 1.82) is 0 Å².